The first-order chi connectivity index (χ1) is 10.1. The van der Waals surface area contributed by atoms with Gasteiger partial charge in [0.25, 0.3) is 0 Å². The highest BCUT2D eigenvalue weighted by Crippen LogP contribution is 2.25. The minimum absolute atomic E-state index is 0.0384. The summed E-state index contributed by atoms with van der Waals surface area (Å²) in [7, 11) is 0. The first-order valence-corrected chi connectivity index (χ1v) is 7.83. The molecule has 0 fully saturated rings. The van der Waals surface area contributed by atoms with Crippen molar-refractivity contribution in [3.63, 3.8) is 0 Å². The fraction of sp³-hybridized carbons (Fsp3) is 0.250. The number of nitrogens with zero attached hydrogens (tertiary/aromatic N) is 2. The Labute approximate surface area is 128 Å². The summed E-state index contributed by atoms with van der Waals surface area (Å²) >= 11 is 2.51. The van der Waals surface area contributed by atoms with Gasteiger partial charge >= 0.3 is 0 Å². The molecule has 0 radical (unpaired) electrons. The third-order valence-corrected chi connectivity index (χ3v) is 4.28. The fourth-order valence-electron chi connectivity index (χ4n) is 1.40. The molecular formula is C12H12F2N4OS2. The van der Waals surface area contributed by atoms with Crippen LogP contribution < -0.4 is 10.6 Å². The molecule has 112 valence electrons. The highest BCUT2D eigenvalue weighted by atomic mass is 32.2. The van der Waals surface area contributed by atoms with Crippen LogP contribution in [-0.2, 0) is 4.79 Å². The second-order valence-electron chi connectivity index (χ2n) is 3.86. The van der Waals surface area contributed by atoms with Crippen molar-refractivity contribution >= 4 is 39.8 Å². The Balaban J connectivity index is 1.88. The monoisotopic (exact) mass is 330 g/mol. The van der Waals surface area contributed by atoms with Crippen LogP contribution in [0.3, 0.4) is 0 Å². The van der Waals surface area contributed by atoms with Gasteiger partial charge in [-0.25, -0.2) is 8.78 Å². The molecule has 0 aliphatic heterocycles. The third kappa shape index (κ3) is 4.64. The number of nitrogens with one attached hydrogen (secondary N) is 2. The van der Waals surface area contributed by atoms with Crippen LogP contribution in [0.25, 0.3) is 0 Å². The molecule has 0 bridgehead atoms. The lowest BCUT2D eigenvalue weighted by Gasteiger charge is -2.05. The van der Waals surface area contributed by atoms with Crippen LogP contribution >= 0.6 is 23.1 Å². The van der Waals surface area contributed by atoms with Gasteiger partial charge in [-0.2, -0.15) is 0 Å². The van der Waals surface area contributed by atoms with Gasteiger partial charge in [0.05, 0.1) is 11.4 Å². The van der Waals surface area contributed by atoms with Crippen molar-refractivity contribution in [1.29, 1.82) is 0 Å². The predicted molar refractivity (Wildman–Crippen MR) is 79.8 cm³/mol. The lowest BCUT2D eigenvalue weighted by atomic mass is 10.3. The van der Waals surface area contributed by atoms with E-state index >= 15 is 0 Å². The van der Waals surface area contributed by atoms with Crippen LogP contribution in [-0.4, -0.2) is 28.4 Å². The van der Waals surface area contributed by atoms with Gasteiger partial charge in [0, 0.05) is 12.6 Å². The molecule has 2 N–H and O–H groups in total. The number of halogens is 2. The summed E-state index contributed by atoms with van der Waals surface area (Å²) in [6.07, 6.45) is 0. The van der Waals surface area contributed by atoms with Gasteiger partial charge in [0.15, 0.2) is 4.34 Å². The third-order valence-electron chi connectivity index (χ3n) is 2.26. The molecule has 0 aliphatic rings. The second-order valence-corrected chi connectivity index (χ2v) is 6.06. The van der Waals surface area contributed by atoms with E-state index in [0.717, 1.165) is 24.7 Å². The molecule has 0 unspecified atom stereocenters. The molecule has 0 aliphatic carbocycles. The quantitative estimate of drug-likeness (QED) is 0.797. The number of hydrogen-bond donors (Lipinski definition) is 2. The number of carbonyl (C=O) groups excluding carboxylic acids is 1. The van der Waals surface area contributed by atoms with Crippen molar-refractivity contribution in [3.05, 3.63) is 29.8 Å². The van der Waals surface area contributed by atoms with Crippen LogP contribution in [0, 0.1) is 11.6 Å². The first kappa shape index (κ1) is 15.6. The summed E-state index contributed by atoms with van der Waals surface area (Å²) in [6, 6.07) is 2.89. The fourth-order valence-corrected chi connectivity index (χ4v) is 3.02. The number of thioether (sulfide) groups is 1. The molecule has 1 heterocycles. The molecule has 0 saturated heterocycles. The maximum atomic E-state index is 13.4. The predicted octanol–water partition coefficient (Wildman–Crippen LogP) is 2.98. The number of carbonyl (C=O) groups is 1. The normalized spacial score (nSPS) is 10.4. The lowest BCUT2D eigenvalue weighted by Crippen LogP contribution is -2.15. The Bertz CT molecular complexity index is 635. The number of anilines is 2. The summed E-state index contributed by atoms with van der Waals surface area (Å²) in [5, 5.41) is 13.8. The second kappa shape index (κ2) is 7.32. The number of aromatic nitrogens is 2. The van der Waals surface area contributed by atoms with Crippen LogP contribution in [0.2, 0.25) is 0 Å². The van der Waals surface area contributed by atoms with Gasteiger partial charge in [-0.05, 0) is 19.1 Å². The van der Waals surface area contributed by atoms with Crippen LogP contribution in [0.5, 0.6) is 0 Å². The molecular weight excluding hydrogens is 318 g/mol. The molecule has 1 aromatic heterocycles. The Kier molecular flexibility index (Phi) is 5.45. The summed E-state index contributed by atoms with van der Waals surface area (Å²) in [5.41, 5.74) is -0.175. The largest absolute Gasteiger partial charge is 0.360 e. The van der Waals surface area contributed by atoms with Crippen molar-refractivity contribution in [2.24, 2.45) is 0 Å². The average Bonchev–Trinajstić information content (AvgIpc) is 2.89. The zero-order valence-electron chi connectivity index (χ0n) is 11.0. The van der Waals surface area contributed by atoms with Crippen molar-refractivity contribution in [3.8, 4) is 0 Å². The van der Waals surface area contributed by atoms with E-state index in [4.69, 9.17) is 0 Å². The Morgan fingerprint density at radius 2 is 2.19 bits per heavy atom. The zero-order chi connectivity index (χ0) is 15.2. The molecule has 9 heteroatoms. The summed E-state index contributed by atoms with van der Waals surface area (Å²) in [5.74, 6) is -1.69. The summed E-state index contributed by atoms with van der Waals surface area (Å²) < 4.78 is 27.0. The van der Waals surface area contributed by atoms with Gasteiger partial charge < -0.3 is 10.6 Å². The maximum absolute atomic E-state index is 13.4. The molecule has 1 aromatic carbocycles. The van der Waals surface area contributed by atoms with Crippen molar-refractivity contribution in [2.75, 3.05) is 22.9 Å². The topological polar surface area (TPSA) is 66.9 Å². The number of rotatable bonds is 6. The molecule has 2 rings (SSSR count). The maximum Gasteiger partial charge on any atom is 0.234 e. The van der Waals surface area contributed by atoms with Crippen molar-refractivity contribution in [2.45, 2.75) is 11.3 Å². The molecule has 2 aromatic rings. The van der Waals surface area contributed by atoms with Crippen LogP contribution in [0.1, 0.15) is 6.92 Å². The standard InChI is InChI=1S/C12H12F2N4OS2/c1-2-15-11-17-18-12(21-11)20-6-10(19)16-9-5-7(13)3-4-8(9)14/h3-5H,2,6H2,1H3,(H,15,17)(H,16,19). The highest BCUT2D eigenvalue weighted by Gasteiger charge is 2.11. The first-order valence-electron chi connectivity index (χ1n) is 6.03. The Morgan fingerprint density at radius 1 is 1.38 bits per heavy atom. The minimum atomic E-state index is -0.680. The van der Waals surface area contributed by atoms with Crippen LogP contribution in [0.4, 0.5) is 19.6 Å². The molecule has 0 spiro atoms. The summed E-state index contributed by atoms with van der Waals surface area (Å²) in [6.45, 7) is 2.67. The number of benzene rings is 1. The van der Waals surface area contributed by atoms with Gasteiger partial charge in [0.2, 0.25) is 11.0 Å². The molecule has 1 amide bonds. The minimum Gasteiger partial charge on any atom is -0.360 e. The van der Waals surface area contributed by atoms with E-state index in [9.17, 15) is 13.6 Å². The van der Waals surface area contributed by atoms with Gasteiger partial charge in [0.1, 0.15) is 11.6 Å². The molecule has 5 nitrogen and oxygen atoms in total. The lowest BCUT2D eigenvalue weighted by molar-refractivity contribution is -0.113. The van der Waals surface area contributed by atoms with E-state index in [2.05, 4.69) is 20.8 Å². The van der Waals surface area contributed by atoms with Crippen molar-refractivity contribution < 1.29 is 13.6 Å². The van der Waals surface area contributed by atoms with E-state index < -0.39 is 17.5 Å². The zero-order valence-corrected chi connectivity index (χ0v) is 12.7. The van der Waals surface area contributed by atoms with E-state index in [1.54, 1.807) is 0 Å². The average molecular weight is 330 g/mol. The van der Waals surface area contributed by atoms with Crippen LogP contribution in [0.15, 0.2) is 22.5 Å². The van der Waals surface area contributed by atoms with Gasteiger partial charge in [-0.1, -0.05) is 23.1 Å². The number of amides is 1. The van der Waals surface area contributed by atoms with Gasteiger partial charge in [-0.3, -0.25) is 4.79 Å². The molecule has 0 saturated carbocycles. The van der Waals surface area contributed by atoms with Gasteiger partial charge in [-0.15, -0.1) is 10.2 Å². The number of hydrogen-bond acceptors (Lipinski definition) is 6. The van der Waals surface area contributed by atoms with E-state index in [-0.39, 0.29) is 11.4 Å². The highest BCUT2D eigenvalue weighted by molar-refractivity contribution is 8.01. The molecule has 0 atom stereocenters. The molecule has 21 heavy (non-hydrogen) atoms. The van der Waals surface area contributed by atoms with E-state index in [0.29, 0.717) is 9.47 Å². The van der Waals surface area contributed by atoms with Crippen molar-refractivity contribution in [1.82, 2.24) is 10.2 Å². The smallest absolute Gasteiger partial charge is 0.234 e. The Hall–Kier alpha value is -1.74. The van der Waals surface area contributed by atoms with E-state index in [1.807, 2.05) is 6.92 Å². The Morgan fingerprint density at radius 3 is 2.95 bits per heavy atom. The van der Waals surface area contributed by atoms with E-state index in [1.165, 1.54) is 23.1 Å². The summed E-state index contributed by atoms with van der Waals surface area (Å²) in [4.78, 5) is 11.7. The SMILES string of the molecule is CCNc1nnc(SCC(=O)Nc2cc(F)ccc2F)s1.